The van der Waals surface area contributed by atoms with Gasteiger partial charge < -0.3 is 9.47 Å². The Hall–Kier alpha value is -2.26. The van der Waals surface area contributed by atoms with Crippen LogP contribution in [0.15, 0.2) is 53.4 Å². The number of hydrogen-bond donors (Lipinski definition) is 1. The monoisotopic (exact) mass is 418 g/mol. The van der Waals surface area contributed by atoms with Gasteiger partial charge in [-0.25, -0.2) is 17.9 Å². The summed E-state index contributed by atoms with van der Waals surface area (Å²) in [5, 5.41) is 0. The van der Waals surface area contributed by atoms with Crippen molar-refractivity contribution >= 4 is 16.0 Å². The number of rotatable bonds is 8. The van der Waals surface area contributed by atoms with Gasteiger partial charge in [-0.15, -0.1) is 0 Å². The normalized spacial score (nSPS) is 15.2. The molecule has 0 radical (unpaired) electrons. The second kappa shape index (κ2) is 9.98. The zero-order valence-corrected chi connectivity index (χ0v) is 17.3. The average molecular weight is 419 g/mol. The molecule has 7 nitrogen and oxygen atoms in total. The molecular weight excluding hydrogens is 392 g/mol. The molecule has 2 aromatic carbocycles. The summed E-state index contributed by atoms with van der Waals surface area (Å²) < 4.78 is 38.0. The maximum Gasteiger partial charge on any atom is 0.338 e. The van der Waals surface area contributed by atoms with Crippen LogP contribution in [0.2, 0.25) is 0 Å². The van der Waals surface area contributed by atoms with Crippen molar-refractivity contribution in [2.75, 3.05) is 32.9 Å². The molecule has 0 atom stereocenters. The zero-order chi connectivity index (χ0) is 20.7. The number of hydrogen-bond acceptors (Lipinski definition) is 6. The summed E-state index contributed by atoms with van der Waals surface area (Å²) in [6, 6.07) is 13.6. The number of carbonyl (C=O) groups excluding carboxylic acids is 1. The van der Waals surface area contributed by atoms with E-state index in [9.17, 15) is 13.2 Å². The van der Waals surface area contributed by atoms with Gasteiger partial charge in [0.25, 0.3) is 0 Å². The van der Waals surface area contributed by atoms with Crippen molar-refractivity contribution in [1.82, 2.24) is 9.62 Å². The maximum atomic E-state index is 12.6. The Bertz CT molecular complexity index is 922. The third kappa shape index (κ3) is 6.11. The van der Waals surface area contributed by atoms with Crippen LogP contribution in [0.4, 0.5) is 0 Å². The smallest absolute Gasteiger partial charge is 0.338 e. The second-order valence-electron chi connectivity index (χ2n) is 6.78. The highest BCUT2D eigenvalue weighted by molar-refractivity contribution is 7.89. The Kier molecular flexibility index (Phi) is 7.38. The van der Waals surface area contributed by atoms with E-state index in [-0.39, 0.29) is 18.0 Å². The summed E-state index contributed by atoms with van der Waals surface area (Å²) in [5.41, 5.74) is 2.35. The first-order valence-corrected chi connectivity index (χ1v) is 11.1. The van der Waals surface area contributed by atoms with Gasteiger partial charge in [0, 0.05) is 26.2 Å². The maximum absolute atomic E-state index is 12.6. The lowest BCUT2D eigenvalue weighted by atomic mass is 10.1. The van der Waals surface area contributed by atoms with E-state index >= 15 is 0 Å². The molecule has 2 aromatic rings. The summed E-state index contributed by atoms with van der Waals surface area (Å²) in [4.78, 5) is 14.1. The summed E-state index contributed by atoms with van der Waals surface area (Å²) >= 11 is 0. The number of nitrogens with one attached hydrogen (secondary N) is 1. The van der Waals surface area contributed by atoms with Crippen molar-refractivity contribution in [3.8, 4) is 0 Å². The van der Waals surface area contributed by atoms with Crippen LogP contribution in [-0.2, 0) is 32.6 Å². The second-order valence-corrected chi connectivity index (χ2v) is 8.54. The lowest BCUT2D eigenvalue weighted by Gasteiger charge is -2.26. The molecule has 0 amide bonds. The van der Waals surface area contributed by atoms with E-state index in [4.69, 9.17) is 9.47 Å². The molecule has 0 aliphatic carbocycles. The largest absolute Gasteiger partial charge is 0.462 e. The van der Waals surface area contributed by atoms with Crippen LogP contribution in [-0.4, -0.2) is 52.2 Å². The van der Waals surface area contributed by atoms with E-state index < -0.39 is 16.0 Å². The first kappa shape index (κ1) is 21.4. The average Bonchev–Trinajstić information content (AvgIpc) is 2.74. The molecular formula is C21H26N2O5S. The lowest BCUT2D eigenvalue weighted by molar-refractivity contribution is 0.0342. The molecule has 1 fully saturated rings. The summed E-state index contributed by atoms with van der Waals surface area (Å²) in [6.45, 7) is 6.29. The molecule has 156 valence electrons. The fourth-order valence-corrected chi connectivity index (χ4v) is 4.12. The third-order valence-electron chi connectivity index (χ3n) is 4.64. The number of esters is 1. The summed E-state index contributed by atoms with van der Waals surface area (Å²) in [5.74, 6) is -0.471. The van der Waals surface area contributed by atoms with Crippen molar-refractivity contribution in [1.29, 1.82) is 0 Å². The highest BCUT2D eigenvalue weighted by atomic mass is 32.2. The number of sulfonamides is 1. The van der Waals surface area contributed by atoms with Crippen LogP contribution in [0.1, 0.15) is 28.4 Å². The van der Waals surface area contributed by atoms with Gasteiger partial charge in [0.05, 0.1) is 30.3 Å². The van der Waals surface area contributed by atoms with Crippen LogP contribution in [0, 0.1) is 0 Å². The van der Waals surface area contributed by atoms with Gasteiger partial charge in [-0.2, -0.15) is 0 Å². The molecule has 1 heterocycles. The van der Waals surface area contributed by atoms with Gasteiger partial charge in [0.1, 0.15) is 0 Å². The van der Waals surface area contributed by atoms with Crippen molar-refractivity contribution < 1.29 is 22.7 Å². The first-order chi connectivity index (χ1) is 14.0. The molecule has 8 heteroatoms. The predicted molar refractivity (Wildman–Crippen MR) is 109 cm³/mol. The Balaban J connectivity index is 1.61. The zero-order valence-electron chi connectivity index (χ0n) is 16.5. The number of morpholine rings is 1. The van der Waals surface area contributed by atoms with Crippen LogP contribution >= 0.6 is 0 Å². The highest BCUT2D eigenvalue weighted by Crippen LogP contribution is 2.14. The predicted octanol–water partition coefficient (Wildman–Crippen LogP) is 2.17. The van der Waals surface area contributed by atoms with Gasteiger partial charge in [-0.05, 0) is 42.3 Å². The fourth-order valence-electron chi connectivity index (χ4n) is 3.10. The molecule has 0 saturated carbocycles. The Morgan fingerprint density at radius 1 is 1.10 bits per heavy atom. The van der Waals surface area contributed by atoms with Crippen LogP contribution in [0.3, 0.4) is 0 Å². The molecule has 0 spiro atoms. The van der Waals surface area contributed by atoms with Crippen molar-refractivity contribution in [3.05, 3.63) is 65.2 Å². The number of nitrogens with zero attached hydrogens (tertiary/aromatic N) is 1. The van der Waals surface area contributed by atoms with Gasteiger partial charge in [-0.3, -0.25) is 4.90 Å². The van der Waals surface area contributed by atoms with Crippen LogP contribution < -0.4 is 4.72 Å². The Morgan fingerprint density at radius 2 is 1.79 bits per heavy atom. The van der Waals surface area contributed by atoms with Gasteiger partial charge in [0.2, 0.25) is 10.0 Å². The molecule has 3 rings (SSSR count). The van der Waals surface area contributed by atoms with Crippen molar-refractivity contribution in [3.63, 3.8) is 0 Å². The number of benzene rings is 2. The third-order valence-corrected chi connectivity index (χ3v) is 6.06. The van der Waals surface area contributed by atoms with Crippen molar-refractivity contribution in [2.45, 2.75) is 24.9 Å². The molecule has 29 heavy (non-hydrogen) atoms. The van der Waals surface area contributed by atoms with E-state index in [1.54, 1.807) is 6.92 Å². The molecule has 0 aromatic heterocycles. The number of carbonyl (C=O) groups is 1. The van der Waals surface area contributed by atoms with Gasteiger partial charge in [-0.1, -0.05) is 24.3 Å². The van der Waals surface area contributed by atoms with E-state index in [1.165, 1.54) is 24.3 Å². The molecule has 1 N–H and O–H groups in total. The topological polar surface area (TPSA) is 84.9 Å². The molecule has 0 unspecified atom stereocenters. The SMILES string of the molecule is CCOC(=O)c1ccc(S(=O)(=O)NCc2cccc(CN3CCOCC3)c2)cc1. The van der Waals surface area contributed by atoms with E-state index in [0.29, 0.717) is 5.56 Å². The quantitative estimate of drug-likeness (QED) is 0.662. The highest BCUT2D eigenvalue weighted by Gasteiger charge is 2.16. The standard InChI is InChI=1S/C21H26N2O5S/c1-2-28-21(24)19-6-8-20(9-7-19)29(25,26)22-15-17-4-3-5-18(14-17)16-23-10-12-27-13-11-23/h3-9,14,22H,2,10-13,15-16H2,1H3. The Morgan fingerprint density at radius 3 is 2.48 bits per heavy atom. The lowest BCUT2D eigenvalue weighted by Crippen LogP contribution is -2.35. The number of ether oxygens (including phenoxy) is 2. The van der Waals surface area contributed by atoms with Gasteiger partial charge in [0.15, 0.2) is 0 Å². The van der Waals surface area contributed by atoms with Crippen LogP contribution in [0.25, 0.3) is 0 Å². The minimum absolute atomic E-state index is 0.106. The first-order valence-electron chi connectivity index (χ1n) is 9.63. The minimum Gasteiger partial charge on any atom is -0.462 e. The van der Waals surface area contributed by atoms with Gasteiger partial charge >= 0.3 is 5.97 Å². The van der Waals surface area contributed by atoms with E-state index in [2.05, 4.69) is 9.62 Å². The fraction of sp³-hybridized carbons (Fsp3) is 0.381. The Labute approximate surface area is 171 Å². The summed E-state index contributed by atoms with van der Waals surface area (Å²) in [6.07, 6.45) is 0. The molecule has 0 bridgehead atoms. The summed E-state index contributed by atoms with van der Waals surface area (Å²) in [7, 11) is -3.68. The minimum atomic E-state index is -3.68. The molecule has 1 aliphatic heterocycles. The van der Waals surface area contributed by atoms with E-state index in [0.717, 1.165) is 44.0 Å². The van der Waals surface area contributed by atoms with E-state index in [1.807, 2.05) is 24.3 Å². The molecule has 1 saturated heterocycles. The molecule has 1 aliphatic rings. The van der Waals surface area contributed by atoms with Crippen molar-refractivity contribution in [2.24, 2.45) is 0 Å². The van der Waals surface area contributed by atoms with Crippen LogP contribution in [0.5, 0.6) is 0 Å².